The number of nitriles is 1. The van der Waals surface area contributed by atoms with Gasteiger partial charge in [0.2, 0.25) is 0 Å². The van der Waals surface area contributed by atoms with Gasteiger partial charge in [0, 0.05) is 18.4 Å². The molecule has 1 saturated carbocycles. The minimum atomic E-state index is -1.63. The van der Waals surface area contributed by atoms with Crippen LogP contribution >= 0.6 is 0 Å². The first-order valence-electron chi connectivity index (χ1n) is 13.0. The molecular formula is C28H31FN8O2. The Labute approximate surface area is 225 Å². The van der Waals surface area contributed by atoms with Gasteiger partial charge in [0.05, 0.1) is 58.3 Å². The van der Waals surface area contributed by atoms with Crippen LogP contribution in [-0.4, -0.2) is 60.2 Å². The smallest absolute Gasteiger partial charge is 0.255 e. The van der Waals surface area contributed by atoms with E-state index in [9.17, 15) is 19.6 Å². The number of rotatable bonds is 8. The highest BCUT2D eigenvalue weighted by atomic mass is 19.1. The third-order valence-electron chi connectivity index (χ3n) is 7.33. The zero-order chi connectivity index (χ0) is 27.6. The lowest BCUT2D eigenvalue weighted by atomic mass is 9.83. The van der Waals surface area contributed by atoms with Crippen LogP contribution in [-0.2, 0) is 0 Å². The average molecular weight is 531 g/mol. The van der Waals surface area contributed by atoms with Crippen LogP contribution in [0, 0.1) is 11.3 Å². The number of aliphatic hydroxyl groups is 1. The van der Waals surface area contributed by atoms with E-state index in [1.165, 1.54) is 31.8 Å². The van der Waals surface area contributed by atoms with Crippen LogP contribution in [0.3, 0.4) is 0 Å². The second kappa shape index (κ2) is 10.8. The summed E-state index contributed by atoms with van der Waals surface area (Å²) in [5.74, 6) is -0.0373. The summed E-state index contributed by atoms with van der Waals surface area (Å²) < 4.78 is 16.0. The zero-order valence-corrected chi connectivity index (χ0v) is 21.9. The van der Waals surface area contributed by atoms with Crippen molar-refractivity contribution in [1.29, 1.82) is 5.26 Å². The molecular weight excluding hydrogens is 499 g/mol. The van der Waals surface area contributed by atoms with E-state index in [4.69, 9.17) is 0 Å². The number of nitrogens with zero attached hydrogens (tertiary/aromatic N) is 5. The van der Waals surface area contributed by atoms with Gasteiger partial charge in [-0.2, -0.15) is 15.5 Å². The number of halogens is 1. The number of fused-ring (bicyclic) bond motifs is 1. The molecule has 11 heteroatoms. The van der Waals surface area contributed by atoms with Gasteiger partial charge in [-0.3, -0.25) is 14.9 Å². The lowest BCUT2D eigenvalue weighted by molar-refractivity contribution is -0.00177. The molecule has 1 fully saturated rings. The number of carbonyl (C=O) groups is 1. The van der Waals surface area contributed by atoms with Crippen LogP contribution < -0.4 is 10.6 Å². The minimum Gasteiger partial charge on any atom is -0.387 e. The molecule has 0 aliphatic heterocycles. The predicted octanol–water partition coefficient (Wildman–Crippen LogP) is 3.97. The number of aromatic amines is 1. The van der Waals surface area contributed by atoms with E-state index < -0.39 is 17.7 Å². The number of carbonyl (C=O) groups excluding carboxylic acids is 1. The number of anilines is 1. The Morgan fingerprint density at radius 3 is 2.74 bits per heavy atom. The SMILES string of the molecule is CC(C)(O)[C@H](F)CNC(=O)c1cnc(-c2ccc3cc(C#N)cnn23)cc1NC1CCC(c2cn[nH]c2)CC1. The van der Waals surface area contributed by atoms with Crippen molar-refractivity contribution in [2.75, 3.05) is 11.9 Å². The first kappa shape index (κ1) is 26.3. The van der Waals surface area contributed by atoms with Gasteiger partial charge < -0.3 is 15.7 Å². The van der Waals surface area contributed by atoms with Gasteiger partial charge >= 0.3 is 0 Å². The third-order valence-corrected chi connectivity index (χ3v) is 7.33. The predicted molar refractivity (Wildman–Crippen MR) is 144 cm³/mol. The molecule has 4 aromatic rings. The molecule has 1 amide bonds. The number of hydrogen-bond donors (Lipinski definition) is 4. The molecule has 39 heavy (non-hydrogen) atoms. The summed E-state index contributed by atoms with van der Waals surface area (Å²) in [6.07, 6.45) is 8.95. The van der Waals surface area contributed by atoms with E-state index in [2.05, 4.69) is 37.0 Å². The van der Waals surface area contributed by atoms with Crippen molar-refractivity contribution in [2.45, 2.75) is 63.3 Å². The summed E-state index contributed by atoms with van der Waals surface area (Å²) in [5, 5.41) is 36.6. The monoisotopic (exact) mass is 530 g/mol. The molecule has 0 saturated heterocycles. The van der Waals surface area contributed by atoms with Gasteiger partial charge in [0.1, 0.15) is 12.2 Å². The van der Waals surface area contributed by atoms with Crippen LogP contribution in [0.15, 0.2) is 49.1 Å². The van der Waals surface area contributed by atoms with Crippen LogP contribution in [0.2, 0.25) is 0 Å². The van der Waals surface area contributed by atoms with Crippen LogP contribution in [0.5, 0.6) is 0 Å². The van der Waals surface area contributed by atoms with Gasteiger partial charge in [-0.1, -0.05) is 0 Å². The Morgan fingerprint density at radius 1 is 1.26 bits per heavy atom. The fourth-order valence-electron chi connectivity index (χ4n) is 4.95. The fourth-order valence-corrected chi connectivity index (χ4v) is 4.95. The van der Waals surface area contributed by atoms with Gasteiger partial charge in [-0.25, -0.2) is 8.91 Å². The average Bonchev–Trinajstić information content (AvgIpc) is 3.61. The quantitative estimate of drug-likeness (QED) is 0.270. The Bertz CT molecular complexity index is 1490. The standard InChI is InChI=1S/C28H31FN8O2/c1-28(2,39)26(29)16-32-27(38)22-15-31-24(25-8-7-21-9-17(11-30)12-35-37(21)25)10-23(22)36-20-5-3-18(4-6-20)19-13-33-34-14-19/h7-10,12-15,18,20,26,39H,3-6,16H2,1-2H3,(H,31,36)(H,32,38)(H,33,34)/t18?,20?,26-/m1/s1. The van der Waals surface area contributed by atoms with Crippen molar-refractivity contribution in [2.24, 2.45) is 0 Å². The van der Waals surface area contributed by atoms with Gasteiger partial charge in [-0.15, -0.1) is 0 Å². The van der Waals surface area contributed by atoms with Crippen molar-refractivity contribution < 1.29 is 14.3 Å². The first-order valence-corrected chi connectivity index (χ1v) is 13.0. The highest BCUT2D eigenvalue weighted by molar-refractivity contribution is 6.00. The van der Waals surface area contributed by atoms with E-state index in [-0.39, 0.29) is 12.6 Å². The minimum absolute atomic E-state index is 0.139. The number of alkyl halides is 1. The topological polar surface area (TPSA) is 144 Å². The molecule has 0 bridgehead atoms. The molecule has 5 rings (SSSR count). The number of hydrogen-bond acceptors (Lipinski definition) is 7. The lowest BCUT2D eigenvalue weighted by Crippen LogP contribution is -2.42. The molecule has 4 heterocycles. The van der Waals surface area contributed by atoms with Crippen molar-refractivity contribution >= 4 is 17.1 Å². The van der Waals surface area contributed by atoms with Crippen molar-refractivity contribution in [3.63, 3.8) is 0 Å². The van der Waals surface area contributed by atoms with E-state index in [1.807, 2.05) is 30.6 Å². The van der Waals surface area contributed by atoms with Gasteiger partial charge in [-0.05, 0) is 75.3 Å². The van der Waals surface area contributed by atoms with E-state index in [1.54, 1.807) is 10.6 Å². The van der Waals surface area contributed by atoms with Crippen molar-refractivity contribution in [3.05, 3.63) is 65.7 Å². The van der Waals surface area contributed by atoms with Crippen LogP contribution in [0.25, 0.3) is 16.9 Å². The molecule has 1 aliphatic carbocycles. The Balaban J connectivity index is 1.41. The Morgan fingerprint density at radius 2 is 2.05 bits per heavy atom. The number of H-pyrrole nitrogens is 1. The molecule has 1 atom stereocenters. The fraction of sp³-hybridized carbons (Fsp3) is 0.393. The molecule has 10 nitrogen and oxygen atoms in total. The van der Waals surface area contributed by atoms with E-state index in [0.717, 1.165) is 31.2 Å². The molecule has 0 unspecified atom stereocenters. The number of pyridine rings is 1. The summed E-state index contributed by atoms with van der Waals surface area (Å²) in [7, 11) is 0. The summed E-state index contributed by atoms with van der Waals surface area (Å²) in [6.45, 7) is 2.40. The normalized spacial score (nSPS) is 18.4. The molecule has 4 aromatic heterocycles. The second-order valence-electron chi connectivity index (χ2n) is 10.6. The summed E-state index contributed by atoms with van der Waals surface area (Å²) in [4.78, 5) is 17.7. The largest absolute Gasteiger partial charge is 0.387 e. The maximum absolute atomic E-state index is 14.3. The number of nitrogens with one attached hydrogen (secondary N) is 3. The summed E-state index contributed by atoms with van der Waals surface area (Å²) in [5.41, 5.74) is 3.03. The molecule has 4 N–H and O–H groups in total. The first-order chi connectivity index (χ1) is 18.7. The lowest BCUT2D eigenvalue weighted by Gasteiger charge is -2.30. The molecule has 0 radical (unpaired) electrons. The molecule has 1 aliphatic rings. The van der Waals surface area contributed by atoms with E-state index in [0.29, 0.717) is 34.1 Å². The van der Waals surface area contributed by atoms with Crippen LogP contribution in [0.4, 0.5) is 10.1 Å². The number of aromatic nitrogens is 5. The Hall–Kier alpha value is -4.30. The molecule has 0 aromatic carbocycles. The van der Waals surface area contributed by atoms with E-state index >= 15 is 0 Å². The maximum atomic E-state index is 14.3. The summed E-state index contributed by atoms with van der Waals surface area (Å²) in [6, 6.07) is 9.50. The van der Waals surface area contributed by atoms with Crippen molar-refractivity contribution in [1.82, 2.24) is 30.1 Å². The van der Waals surface area contributed by atoms with Crippen LogP contribution in [0.1, 0.15) is 66.9 Å². The van der Waals surface area contributed by atoms with Gasteiger partial charge in [0.15, 0.2) is 0 Å². The molecule has 0 spiro atoms. The molecule has 202 valence electrons. The van der Waals surface area contributed by atoms with Gasteiger partial charge in [0.25, 0.3) is 5.91 Å². The zero-order valence-electron chi connectivity index (χ0n) is 21.9. The highest BCUT2D eigenvalue weighted by Gasteiger charge is 2.28. The second-order valence-corrected chi connectivity index (χ2v) is 10.6. The summed E-state index contributed by atoms with van der Waals surface area (Å²) >= 11 is 0. The van der Waals surface area contributed by atoms with Crippen molar-refractivity contribution in [3.8, 4) is 17.5 Å². The Kier molecular flexibility index (Phi) is 7.30. The third kappa shape index (κ3) is 5.76. The highest BCUT2D eigenvalue weighted by Crippen LogP contribution is 2.34. The number of amides is 1. The maximum Gasteiger partial charge on any atom is 0.255 e.